The zero-order valence-electron chi connectivity index (χ0n) is 20.4. The molecule has 0 N–H and O–H groups in total. The molecule has 37 heavy (non-hydrogen) atoms. The molecule has 0 bridgehead atoms. The van der Waals surface area contributed by atoms with Crippen LogP contribution in [0.3, 0.4) is 0 Å². The number of carbonyl (C=O) groups is 1. The van der Waals surface area contributed by atoms with E-state index in [9.17, 15) is 9.18 Å². The zero-order chi connectivity index (χ0) is 25.8. The third kappa shape index (κ3) is 5.68. The van der Waals surface area contributed by atoms with Crippen molar-refractivity contribution in [1.82, 2.24) is 14.7 Å². The third-order valence-corrected chi connectivity index (χ3v) is 6.66. The molecule has 5 rings (SSSR count). The first-order valence-electron chi connectivity index (χ1n) is 12.2. The Morgan fingerprint density at radius 1 is 1.14 bits per heavy atom. The number of rotatable bonds is 8. The van der Waals surface area contributed by atoms with Crippen LogP contribution in [0.1, 0.15) is 28.8 Å². The van der Waals surface area contributed by atoms with E-state index in [0.717, 1.165) is 18.4 Å². The number of amides is 1. The minimum absolute atomic E-state index is 0.0733. The van der Waals surface area contributed by atoms with E-state index in [-0.39, 0.29) is 18.6 Å². The Labute approximate surface area is 220 Å². The maximum atomic E-state index is 13.9. The molecule has 4 aromatic rings. The molecule has 1 amide bonds. The van der Waals surface area contributed by atoms with Gasteiger partial charge in [-0.25, -0.2) is 9.07 Å². The van der Waals surface area contributed by atoms with Gasteiger partial charge in [-0.3, -0.25) is 4.79 Å². The van der Waals surface area contributed by atoms with E-state index < -0.39 is 5.82 Å². The van der Waals surface area contributed by atoms with Crippen LogP contribution in [0.2, 0.25) is 5.02 Å². The summed E-state index contributed by atoms with van der Waals surface area (Å²) >= 11 is 6.41. The number of benzene rings is 3. The van der Waals surface area contributed by atoms with E-state index in [1.807, 2.05) is 30.3 Å². The minimum Gasteiger partial charge on any atom is -0.439 e. The Morgan fingerprint density at radius 3 is 2.65 bits per heavy atom. The highest BCUT2D eigenvalue weighted by molar-refractivity contribution is 6.33. The summed E-state index contributed by atoms with van der Waals surface area (Å²) in [5, 5.41) is 5.12. The number of hydrogen-bond acceptors (Lipinski definition) is 4. The summed E-state index contributed by atoms with van der Waals surface area (Å²) in [4.78, 5) is 15.5. The van der Waals surface area contributed by atoms with Crippen molar-refractivity contribution < 1.29 is 18.7 Å². The van der Waals surface area contributed by atoms with Gasteiger partial charge in [0, 0.05) is 31.8 Å². The second kappa shape index (κ2) is 11.2. The fourth-order valence-electron chi connectivity index (χ4n) is 4.54. The third-order valence-electron chi connectivity index (χ3n) is 6.33. The average molecular weight is 520 g/mol. The fraction of sp³-hybridized carbons (Fsp3) is 0.241. The van der Waals surface area contributed by atoms with Crippen LogP contribution in [0.5, 0.6) is 11.6 Å². The van der Waals surface area contributed by atoms with Crippen molar-refractivity contribution in [3.63, 3.8) is 0 Å². The lowest BCUT2D eigenvalue weighted by Crippen LogP contribution is -2.37. The van der Waals surface area contributed by atoms with Gasteiger partial charge < -0.3 is 14.4 Å². The number of nitrogens with zero attached hydrogens (tertiary/aromatic N) is 3. The van der Waals surface area contributed by atoms with Crippen LogP contribution in [0.15, 0.2) is 78.9 Å². The van der Waals surface area contributed by atoms with Crippen LogP contribution < -0.4 is 4.74 Å². The molecule has 1 aromatic heterocycles. The smallest absolute Gasteiger partial charge is 0.255 e. The van der Waals surface area contributed by atoms with Crippen molar-refractivity contribution >= 4 is 17.5 Å². The lowest BCUT2D eigenvalue weighted by Gasteiger charge is -2.26. The zero-order valence-corrected chi connectivity index (χ0v) is 21.2. The van der Waals surface area contributed by atoms with Crippen LogP contribution in [0.4, 0.5) is 4.39 Å². The molecule has 0 spiro atoms. The Bertz CT molecular complexity index is 1390. The van der Waals surface area contributed by atoms with Crippen molar-refractivity contribution in [2.45, 2.75) is 25.5 Å². The van der Waals surface area contributed by atoms with Crippen LogP contribution in [0.25, 0.3) is 11.3 Å². The highest BCUT2D eigenvalue weighted by Crippen LogP contribution is 2.35. The Kier molecular flexibility index (Phi) is 7.53. The van der Waals surface area contributed by atoms with Gasteiger partial charge in [0.15, 0.2) is 0 Å². The highest BCUT2D eigenvalue weighted by atomic mass is 35.5. The van der Waals surface area contributed by atoms with Gasteiger partial charge in [0.05, 0.1) is 28.8 Å². The molecule has 0 unspecified atom stereocenters. The normalized spacial score (nSPS) is 15.1. The average Bonchev–Trinajstić information content (AvgIpc) is 3.52. The highest BCUT2D eigenvalue weighted by Gasteiger charge is 2.29. The molecule has 3 aromatic carbocycles. The number of carbonyl (C=O) groups excluding carboxylic acids is 1. The van der Waals surface area contributed by atoms with Gasteiger partial charge >= 0.3 is 0 Å². The number of halogens is 2. The molecule has 8 heteroatoms. The second-order valence-electron chi connectivity index (χ2n) is 8.98. The van der Waals surface area contributed by atoms with Gasteiger partial charge in [-0.2, -0.15) is 5.10 Å². The molecular formula is C29H27ClFN3O3. The topological polar surface area (TPSA) is 56.6 Å². The first-order valence-corrected chi connectivity index (χ1v) is 12.6. The fourth-order valence-corrected chi connectivity index (χ4v) is 4.76. The molecule has 6 nitrogen and oxygen atoms in total. The van der Waals surface area contributed by atoms with Crippen molar-refractivity contribution in [1.29, 1.82) is 0 Å². The number of ether oxygens (including phenoxy) is 2. The molecule has 0 saturated carbocycles. The van der Waals surface area contributed by atoms with E-state index in [1.165, 1.54) is 12.1 Å². The van der Waals surface area contributed by atoms with E-state index >= 15 is 0 Å². The van der Waals surface area contributed by atoms with E-state index in [0.29, 0.717) is 46.6 Å². The van der Waals surface area contributed by atoms with Crippen molar-refractivity contribution in [2.24, 2.45) is 7.05 Å². The van der Waals surface area contributed by atoms with Gasteiger partial charge in [-0.05, 0) is 37.1 Å². The lowest BCUT2D eigenvalue weighted by atomic mass is 10.1. The minimum atomic E-state index is -0.404. The van der Waals surface area contributed by atoms with Crippen LogP contribution in [0, 0.1) is 5.82 Å². The molecule has 190 valence electrons. The summed E-state index contributed by atoms with van der Waals surface area (Å²) in [5.74, 6) is 0.153. The first kappa shape index (κ1) is 25.0. The molecule has 1 atom stereocenters. The molecule has 0 aliphatic carbocycles. The molecule has 1 aliphatic rings. The van der Waals surface area contributed by atoms with Crippen LogP contribution >= 0.6 is 11.6 Å². The maximum Gasteiger partial charge on any atom is 0.255 e. The number of aryl methyl sites for hydroxylation is 1. The largest absolute Gasteiger partial charge is 0.439 e. The van der Waals surface area contributed by atoms with Crippen molar-refractivity contribution in [2.75, 3.05) is 13.2 Å². The summed E-state index contributed by atoms with van der Waals surface area (Å²) in [6, 6.07) is 22.7. The van der Waals surface area contributed by atoms with Gasteiger partial charge in [-0.15, -0.1) is 0 Å². The van der Waals surface area contributed by atoms with E-state index in [2.05, 4.69) is 0 Å². The summed E-state index contributed by atoms with van der Waals surface area (Å²) in [6.07, 6.45) is 1.75. The molecule has 0 radical (unpaired) electrons. The van der Waals surface area contributed by atoms with Gasteiger partial charge in [0.2, 0.25) is 5.88 Å². The lowest BCUT2D eigenvalue weighted by molar-refractivity contribution is 0.0506. The number of aromatic nitrogens is 2. The predicted octanol–water partition coefficient (Wildman–Crippen LogP) is 6.49. The quantitative estimate of drug-likeness (QED) is 0.267. The van der Waals surface area contributed by atoms with Gasteiger partial charge in [0.25, 0.3) is 5.91 Å². The van der Waals surface area contributed by atoms with Gasteiger partial charge in [-0.1, -0.05) is 60.1 Å². The Balaban J connectivity index is 1.57. The molecule has 1 saturated heterocycles. The molecule has 2 heterocycles. The van der Waals surface area contributed by atoms with E-state index in [1.54, 1.807) is 53.0 Å². The monoisotopic (exact) mass is 519 g/mol. The molecular weight excluding hydrogens is 493 g/mol. The number of hydrogen-bond donors (Lipinski definition) is 0. The molecule has 1 fully saturated rings. The summed E-state index contributed by atoms with van der Waals surface area (Å²) < 4.78 is 27.6. The maximum absolute atomic E-state index is 13.9. The summed E-state index contributed by atoms with van der Waals surface area (Å²) in [7, 11) is 1.77. The second-order valence-corrected chi connectivity index (χ2v) is 9.39. The Morgan fingerprint density at radius 2 is 1.92 bits per heavy atom. The first-order chi connectivity index (χ1) is 18.0. The van der Waals surface area contributed by atoms with Crippen LogP contribution in [-0.2, 0) is 18.3 Å². The SMILES string of the molecule is Cn1nc(-c2ccccc2)c(CN(C[C@H]2CCCO2)C(=O)c2ccccc2Cl)c1Oc1cccc(F)c1. The Hall–Kier alpha value is -3.68. The molecule has 1 aliphatic heterocycles. The summed E-state index contributed by atoms with van der Waals surface area (Å²) in [5.41, 5.74) is 2.68. The van der Waals surface area contributed by atoms with Crippen molar-refractivity contribution in [3.05, 3.63) is 101 Å². The predicted molar refractivity (Wildman–Crippen MR) is 140 cm³/mol. The van der Waals surface area contributed by atoms with Crippen molar-refractivity contribution in [3.8, 4) is 22.9 Å². The van der Waals surface area contributed by atoms with Gasteiger partial charge in [0.1, 0.15) is 17.3 Å². The standard InChI is InChI=1S/C29H27ClFN3O3/c1-33-29(37-22-12-7-11-21(31)17-22)25(27(32-33)20-9-3-2-4-10-20)19-34(18-23-13-8-16-36-23)28(35)24-14-5-6-15-26(24)30/h2-7,9-12,14-15,17,23H,8,13,16,18-19H2,1H3/t23-/m1/s1. The van der Waals surface area contributed by atoms with Crippen LogP contribution in [-0.4, -0.2) is 39.8 Å². The van der Waals surface area contributed by atoms with E-state index in [4.69, 9.17) is 26.2 Å². The summed E-state index contributed by atoms with van der Waals surface area (Å²) in [6.45, 7) is 1.27.